The summed E-state index contributed by atoms with van der Waals surface area (Å²) in [5, 5.41) is 25.5. The van der Waals surface area contributed by atoms with Crippen LogP contribution in [0.2, 0.25) is 10.3 Å². The molecule has 15 heteroatoms. The van der Waals surface area contributed by atoms with Gasteiger partial charge in [-0.25, -0.2) is 9.97 Å². The Morgan fingerprint density at radius 1 is 0.971 bits per heavy atom. The van der Waals surface area contributed by atoms with Gasteiger partial charge in [-0.3, -0.25) is 20.2 Å². The van der Waals surface area contributed by atoms with Crippen LogP contribution in [-0.2, 0) is 12.4 Å². The van der Waals surface area contributed by atoms with Crippen LogP contribution in [0.5, 0.6) is 0 Å². The number of nitro groups is 2. The summed E-state index contributed by atoms with van der Waals surface area (Å²) < 4.78 is 0. The maximum atomic E-state index is 10.5. The number of aromatic nitrogens is 2. The highest BCUT2D eigenvalue weighted by molar-refractivity contribution is 8.03. The van der Waals surface area contributed by atoms with Gasteiger partial charge in [0.25, 0.3) is 12.4 Å². The monoisotopic (exact) mass is 578 g/mol. The van der Waals surface area contributed by atoms with Gasteiger partial charge in [0.2, 0.25) is 0 Å². The molecule has 35 heavy (non-hydrogen) atoms. The molecule has 0 saturated carbocycles. The topological polar surface area (TPSA) is 127 Å². The molecule has 2 aromatic rings. The van der Waals surface area contributed by atoms with Crippen molar-refractivity contribution in [2.45, 2.75) is 12.4 Å². The molecule has 10 nitrogen and oxygen atoms in total. The van der Waals surface area contributed by atoms with Crippen LogP contribution >= 0.6 is 58.3 Å². The Morgan fingerprint density at radius 2 is 1.60 bits per heavy atom. The largest absolute Gasteiger partial charge is 0.374 e. The van der Waals surface area contributed by atoms with Gasteiger partial charge in [-0.05, 0) is 23.3 Å². The molecule has 0 atom stereocenters. The van der Waals surface area contributed by atoms with E-state index >= 15 is 0 Å². The van der Waals surface area contributed by atoms with E-state index in [-0.39, 0.29) is 0 Å². The zero-order valence-corrected chi connectivity index (χ0v) is 22.1. The Kier molecular flexibility index (Phi) is 13.0. The summed E-state index contributed by atoms with van der Waals surface area (Å²) in [6.45, 7) is 2.27. The number of alkyl halides is 1. The molecule has 2 aromatic heterocycles. The number of rotatable bonds is 5. The molecule has 188 valence electrons. The van der Waals surface area contributed by atoms with Gasteiger partial charge in [0.05, 0.1) is 9.85 Å². The first-order chi connectivity index (χ1) is 16.8. The smallest absolute Gasteiger partial charge is 0.264 e. The minimum absolute atomic E-state index is 0.416. The summed E-state index contributed by atoms with van der Waals surface area (Å²) in [5.74, 6) is 2.30. The Bertz CT molecular complexity index is 1030. The fourth-order valence-corrected chi connectivity index (χ4v) is 4.79. The Labute approximate surface area is 225 Å². The molecular weight excluding hydrogens is 559 g/mol. The molecule has 2 aliphatic heterocycles. The molecule has 0 unspecified atom stereocenters. The summed E-state index contributed by atoms with van der Waals surface area (Å²) in [7, 11) is 0. The van der Waals surface area contributed by atoms with E-state index in [0.29, 0.717) is 32.8 Å². The number of hydrogen-bond donors (Lipinski definition) is 1. The molecular formula is C20H21Cl3N6O4S2. The van der Waals surface area contributed by atoms with Crippen molar-refractivity contribution in [3.8, 4) is 0 Å². The van der Waals surface area contributed by atoms with Crippen molar-refractivity contribution in [1.82, 2.24) is 20.2 Å². The minimum Gasteiger partial charge on any atom is -0.374 e. The van der Waals surface area contributed by atoms with E-state index in [1.165, 1.54) is 23.5 Å². The van der Waals surface area contributed by atoms with Gasteiger partial charge in [-0.1, -0.05) is 35.3 Å². The van der Waals surface area contributed by atoms with Crippen LogP contribution in [0.15, 0.2) is 59.1 Å². The van der Waals surface area contributed by atoms with Crippen molar-refractivity contribution in [3.05, 3.63) is 101 Å². The number of nitrogens with one attached hydrogen (secondary N) is 1. The van der Waals surface area contributed by atoms with Crippen LogP contribution < -0.4 is 5.32 Å². The molecule has 0 bridgehead atoms. The highest BCUT2D eigenvalue weighted by Crippen LogP contribution is 2.29. The van der Waals surface area contributed by atoms with Crippen molar-refractivity contribution >= 4 is 58.3 Å². The zero-order valence-electron chi connectivity index (χ0n) is 18.2. The van der Waals surface area contributed by atoms with Gasteiger partial charge in [0, 0.05) is 49.4 Å². The zero-order chi connectivity index (χ0) is 25.6. The van der Waals surface area contributed by atoms with Crippen LogP contribution in [0.1, 0.15) is 11.1 Å². The summed E-state index contributed by atoms with van der Waals surface area (Å²) in [6.07, 6.45) is 5.41. The van der Waals surface area contributed by atoms with E-state index in [9.17, 15) is 20.2 Å². The molecule has 0 radical (unpaired) electrons. The van der Waals surface area contributed by atoms with Crippen LogP contribution in [0.3, 0.4) is 0 Å². The molecule has 4 rings (SSSR count). The number of thioether (sulfide) groups is 2. The lowest BCUT2D eigenvalue weighted by atomic mass is 10.3. The lowest BCUT2D eigenvalue weighted by Gasteiger charge is -2.16. The van der Waals surface area contributed by atoms with Crippen molar-refractivity contribution in [2.24, 2.45) is 0 Å². The third kappa shape index (κ3) is 11.8. The molecule has 1 N–H and O–H groups in total. The van der Waals surface area contributed by atoms with Gasteiger partial charge in [-0.2, -0.15) is 0 Å². The Morgan fingerprint density at radius 3 is 2.09 bits per heavy atom. The summed E-state index contributed by atoms with van der Waals surface area (Å²) >= 11 is 19.7. The second-order valence-electron chi connectivity index (χ2n) is 6.69. The maximum Gasteiger partial charge on any atom is 0.264 e. The lowest BCUT2D eigenvalue weighted by molar-refractivity contribution is -0.403. The highest BCUT2D eigenvalue weighted by atomic mass is 35.5. The van der Waals surface area contributed by atoms with Gasteiger partial charge >= 0.3 is 0 Å². The molecule has 0 aromatic carbocycles. The number of pyridine rings is 2. The summed E-state index contributed by atoms with van der Waals surface area (Å²) in [4.78, 5) is 29.2. The minimum atomic E-state index is -0.444. The van der Waals surface area contributed by atoms with Crippen molar-refractivity contribution < 1.29 is 9.85 Å². The van der Waals surface area contributed by atoms with Gasteiger partial charge in [-0.15, -0.1) is 35.1 Å². The molecule has 4 heterocycles. The first kappa shape index (κ1) is 29.0. The average molecular weight is 580 g/mol. The number of halogens is 3. The normalized spacial score (nSPS) is 16.7. The standard InChI is InChI=1S/C10H10ClN3O2S.C6H5Cl2N.C4H6N2O2S/c11-9-2-1-8(5-12-9)6-13-3-4-17-10(13)7-14(15)16;7-3-5-1-2-6(8)9-4-5;7-6(8)3-4-5-1-2-9-4/h1-2,5,7H,3-4,6H2;1-2,4H,3H2;3,5H,1-2H2/b10-7+;;4-3+. The second kappa shape index (κ2) is 15.7. The van der Waals surface area contributed by atoms with E-state index in [1.54, 1.807) is 24.5 Å². The average Bonchev–Trinajstić information content (AvgIpc) is 3.48. The quantitative estimate of drug-likeness (QED) is 0.218. The Balaban J connectivity index is 0.000000203. The second-order valence-corrected chi connectivity index (χ2v) is 9.98. The number of nitrogens with zero attached hydrogens (tertiary/aromatic N) is 5. The third-order valence-electron chi connectivity index (χ3n) is 4.13. The molecule has 2 fully saturated rings. The molecule has 0 aliphatic carbocycles. The van der Waals surface area contributed by atoms with Crippen molar-refractivity contribution in [2.75, 3.05) is 24.6 Å². The summed E-state index contributed by atoms with van der Waals surface area (Å²) in [6, 6.07) is 7.17. The first-order valence-electron chi connectivity index (χ1n) is 9.98. The van der Waals surface area contributed by atoms with E-state index in [0.717, 1.165) is 48.1 Å². The van der Waals surface area contributed by atoms with Crippen molar-refractivity contribution in [1.29, 1.82) is 0 Å². The molecule has 2 saturated heterocycles. The SMILES string of the molecule is ClCc1ccc(Cl)nc1.O=[N+]([O-])/C=C1/SCCN1Cc1ccc(Cl)nc1.O=[N+]([O-])/C=C1\NCCS1. The Hall–Kier alpha value is -2.25. The number of hydrogen-bond acceptors (Lipinski definition) is 10. The van der Waals surface area contributed by atoms with Gasteiger partial charge in [0.1, 0.15) is 20.4 Å². The van der Waals surface area contributed by atoms with Gasteiger partial charge in [0.15, 0.2) is 0 Å². The summed E-state index contributed by atoms with van der Waals surface area (Å²) in [5.41, 5.74) is 1.98. The van der Waals surface area contributed by atoms with E-state index in [4.69, 9.17) is 34.8 Å². The maximum absolute atomic E-state index is 10.5. The fourth-order valence-electron chi connectivity index (χ4n) is 2.60. The van der Waals surface area contributed by atoms with Crippen LogP contribution in [-0.4, -0.2) is 49.3 Å². The highest BCUT2D eigenvalue weighted by Gasteiger charge is 2.20. The van der Waals surface area contributed by atoms with E-state index in [2.05, 4.69) is 15.3 Å². The van der Waals surface area contributed by atoms with Crippen LogP contribution in [0, 0.1) is 20.2 Å². The molecule has 0 amide bonds. The van der Waals surface area contributed by atoms with E-state index < -0.39 is 9.85 Å². The first-order valence-corrected chi connectivity index (χ1v) is 13.2. The fraction of sp³-hybridized carbons (Fsp3) is 0.300. The predicted molar refractivity (Wildman–Crippen MR) is 142 cm³/mol. The predicted octanol–water partition coefficient (Wildman–Crippen LogP) is 5.23. The van der Waals surface area contributed by atoms with Crippen LogP contribution in [0.4, 0.5) is 0 Å². The molecule has 0 spiro atoms. The van der Waals surface area contributed by atoms with Crippen LogP contribution in [0.25, 0.3) is 0 Å². The third-order valence-corrected chi connectivity index (χ3v) is 6.90. The van der Waals surface area contributed by atoms with E-state index in [1.807, 2.05) is 17.0 Å². The van der Waals surface area contributed by atoms with Crippen molar-refractivity contribution in [3.63, 3.8) is 0 Å². The lowest BCUT2D eigenvalue weighted by Crippen LogP contribution is -2.18. The molecule has 2 aliphatic rings. The van der Waals surface area contributed by atoms with Gasteiger partial charge < -0.3 is 10.2 Å².